The zero-order valence-electron chi connectivity index (χ0n) is 19.0. The Morgan fingerprint density at radius 3 is 1.11 bits per heavy atom. The third kappa shape index (κ3) is 13.5. The van der Waals surface area contributed by atoms with Crippen LogP contribution in [0.15, 0.2) is 10.3 Å². The van der Waals surface area contributed by atoms with Crippen LogP contribution in [0.25, 0.3) is 0 Å². The van der Waals surface area contributed by atoms with Crippen molar-refractivity contribution in [3.63, 3.8) is 0 Å². The van der Waals surface area contributed by atoms with Gasteiger partial charge in [-0.25, -0.2) is 0 Å². The summed E-state index contributed by atoms with van der Waals surface area (Å²) in [5, 5.41) is 7.80. The standard InChI is InChI=1S/C20H44N4O2.2HI/c1-7-23(8-2,9-3)17-13-19-25-21-15-16-22-26-20-14-18-24(10-4,11-5)12-6;;/h15-16H,7-14,17-20H2,1-6H3;2*1H/q+2;;/p-2/b21-15-,22-16-;;. The molecule has 0 saturated heterocycles. The summed E-state index contributed by atoms with van der Waals surface area (Å²) >= 11 is 0. The van der Waals surface area contributed by atoms with E-state index in [4.69, 9.17) is 9.68 Å². The summed E-state index contributed by atoms with van der Waals surface area (Å²) in [5.41, 5.74) is 0. The highest BCUT2D eigenvalue weighted by molar-refractivity contribution is 6.15. The molecule has 170 valence electrons. The highest BCUT2D eigenvalue weighted by Crippen LogP contribution is 2.08. The van der Waals surface area contributed by atoms with Gasteiger partial charge in [0.05, 0.1) is 64.8 Å². The van der Waals surface area contributed by atoms with Gasteiger partial charge in [-0.3, -0.25) is 0 Å². The molecule has 0 bridgehead atoms. The maximum atomic E-state index is 5.29. The van der Waals surface area contributed by atoms with Crippen LogP contribution in [-0.2, 0) is 9.68 Å². The summed E-state index contributed by atoms with van der Waals surface area (Å²) in [5.74, 6) is 0. The monoisotopic (exact) mass is 626 g/mol. The van der Waals surface area contributed by atoms with Crippen molar-refractivity contribution in [2.24, 2.45) is 10.3 Å². The van der Waals surface area contributed by atoms with Crippen LogP contribution in [-0.4, -0.2) is 87.0 Å². The normalized spacial score (nSPS) is 12.1. The van der Waals surface area contributed by atoms with E-state index in [1.54, 1.807) is 12.4 Å². The molecule has 0 spiro atoms. The lowest BCUT2D eigenvalue weighted by Crippen LogP contribution is -3.00. The van der Waals surface area contributed by atoms with Crippen LogP contribution in [0.2, 0.25) is 0 Å². The fraction of sp³-hybridized carbons (Fsp3) is 0.900. The number of hydrogen-bond donors (Lipinski definition) is 0. The molecule has 0 heterocycles. The summed E-state index contributed by atoms with van der Waals surface area (Å²) in [4.78, 5) is 10.6. The summed E-state index contributed by atoms with van der Waals surface area (Å²) in [7, 11) is 0. The Hall–Kier alpha value is 0.320. The van der Waals surface area contributed by atoms with Gasteiger partial charge < -0.3 is 66.6 Å². The van der Waals surface area contributed by atoms with E-state index in [1.807, 2.05) is 0 Å². The molecular weight excluding hydrogens is 582 g/mol. The second-order valence-corrected chi connectivity index (χ2v) is 6.91. The molecule has 0 aromatic carbocycles. The zero-order valence-corrected chi connectivity index (χ0v) is 23.3. The van der Waals surface area contributed by atoms with Crippen LogP contribution in [0.4, 0.5) is 0 Å². The molecule has 0 radical (unpaired) electrons. The van der Waals surface area contributed by atoms with Crippen LogP contribution >= 0.6 is 0 Å². The SMILES string of the molecule is CC[N+](CC)(CC)CCCO/N=C\C=N/OCCC[N+](CC)(CC)CC.[I-].[I-]. The molecular formula is C20H44I2N4O2. The van der Waals surface area contributed by atoms with Crippen molar-refractivity contribution in [2.45, 2.75) is 54.4 Å². The first-order valence-corrected chi connectivity index (χ1v) is 10.6. The molecule has 0 N–H and O–H groups in total. The van der Waals surface area contributed by atoms with E-state index in [2.05, 4.69) is 51.9 Å². The maximum absolute atomic E-state index is 5.29. The first-order valence-electron chi connectivity index (χ1n) is 10.6. The van der Waals surface area contributed by atoms with Gasteiger partial charge in [0.15, 0.2) is 0 Å². The van der Waals surface area contributed by atoms with E-state index >= 15 is 0 Å². The number of quaternary nitrogens is 2. The third-order valence-electron chi connectivity index (χ3n) is 6.10. The lowest BCUT2D eigenvalue weighted by Gasteiger charge is -2.35. The van der Waals surface area contributed by atoms with Crippen molar-refractivity contribution in [3.05, 3.63) is 0 Å². The number of nitrogens with zero attached hydrogens (tertiary/aromatic N) is 4. The van der Waals surface area contributed by atoms with Crippen LogP contribution in [0, 0.1) is 0 Å². The van der Waals surface area contributed by atoms with Crippen LogP contribution in [0.3, 0.4) is 0 Å². The minimum absolute atomic E-state index is 0. The van der Waals surface area contributed by atoms with Crippen molar-refractivity contribution < 1.29 is 66.6 Å². The minimum Gasteiger partial charge on any atom is -1.00 e. The molecule has 28 heavy (non-hydrogen) atoms. The summed E-state index contributed by atoms with van der Waals surface area (Å²) < 4.78 is 2.30. The Labute approximate surface area is 208 Å². The van der Waals surface area contributed by atoms with Crippen molar-refractivity contribution in [1.29, 1.82) is 0 Å². The van der Waals surface area contributed by atoms with E-state index in [0.717, 1.165) is 34.9 Å². The van der Waals surface area contributed by atoms with Crippen molar-refractivity contribution in [2.75, 3.05) is 65.6 Å². The van der Waals surface area contributed by atoms with E-state index in [9.17, 15) is 0 Å². The topological polar surface area (TPSA) is 43.2 Å². The van der Waals surface area contributed by atoms with Gasteiger partial charge in [0, 0.05) is 12.8 Å². The lowest BCUT2D eigenvalue weighted by molar-refractivity contribution is -0.923. The van der Waals surface area contributed by atoms with E-state index in [-0.39, 0.29) is 48.0 Å². The molecule has 0 aliphatic rings. The van der Waals surface area contributed by atoms with Gasteiger partial charge >= 0.3 is 0 Å². The Morgan fingerprint density at radius 1 is 0.571 bits per heavy atom. The number of hydrogen-bond acceptors (Lipinski definition) is 4. The van der Waals surface area contributed by atoms with Crippen molar-refractivity contribution >= 4 is 12.4 Å². The Morgan fingerprint density at radius 2 is 0.857 bits per heavy atom. The summed E-state index contributed by atoms with van der Waals surface area (Å²) in [6.45, 7) is 24.2. The second kappa shape index (κ2) is 20.6. The van der Waals surface area contributed by atoms with Gasteiger partial charge in [0.1, 0.15) is 13.2 Å². The maximum Gasteiger partial charge on any atom is 0.122 e. The predicted molar refractivity (Wildman–Crippen MR) is 112 cm³/mol. The van der Waals surface area contributed by atoms with Crippen LogP contribution in [0.5, 0.6) is 0 Å². The Kier molecular flexibility index (Phi) is 24.2. The average molecular weight is 626 g/mol. The zero-order chi connectivity index (χ0) is 19.7. The van der Waals surface area contributed by atoms with Gasteiger partial charge in [0.2, 0.25) is 0 Å². The summed E-state index contributed by atoms with van der Waals surface area (Å²) in [6.07, 6.45) is 5.14. The first-order chi connectivity index (χ1) is 12.6. The van der Waals surface area contributed by atoms with Gasteiger partial charge in [-0.15, -0.1) is 0 Å². The van der Waals surface area contributed by atoms with Crippen molar-refractivity contribution in [3.8, 4) is 0 Å². The van der Waals surface area contributed by atoms with E-state index in [0.29, 0.717) is 13.2 Å². The molecule has 0 rings (SSSR count). The van der Waals surface area contributed by atoms with E-state index in [1.165, 1.54) is 39.3 Å². The van der Waals surface area contributed by atoms with Gasteiger partial charge in [-0.1, -0.05) is 10.3 Å². The Bertz CT molecular complexity index is 336. The largest absolute Gasteiger partial charge is 1.00 e. The predicted octanol–water partition coefficient (Wildman–Crippen LogP) is -2.47. The fourth-order valence-electron chi connectivity index (χ4n) is 3.47. The van der Waals surface area contributed by atoms with Gasteiger partial charge in [-0.2, -0.15) is 0 Å². The van der Waals surface area contributed by atoms with Crippen molar-refractivity contribution in [1.82, 2.24) is 0 Å². The number of rotatable bonds is 17. The second-order valence-electron chi connectivity index (χ2n) is 6.91. The molecule has 0 amide bonds. The fourth-order valence-corrected chi connectivity index (χ4v) is 3.47. The quantitative estimate of drug-likeness (QED) is 0.0592. The molecule has 0 atom stereocenters. The minimum atomic E-state index is 0. The smallest absolute Gasteiger partial charge is 0.122 e. The molecule has 0 aliphatic carbocycles. The molecule has 0 aromatic heterocycles. The summed E-state index contributed by atoms with van der Waals surface area (Å²) in [6, 6.07) is 0. The van der Waals surface area contributed by atoms with E-state index < -0.39 is 0 Å². The molecule has 0 aromatic rings. The highest BCUT2D eigenvalue weighted by atomic mass is 127. The van der Waals surface area contributed by atoms with Crippen LogP contribution in [0.1, 0.15) is 54.4 Å². The van der Waals surface area contributed by atoms with Gasteiger partial charge in [-0.05, 0) is 41.5 Å². The molecule has 0 fully saturated rings. The third-order valence-corrected chi connectivity index (χ3v) is 6.10. The molecule has 0 unspecified atom stereocenters. The molecule has 0 aliphatic heterocycles. The van der Waals surface area contributed by atoms with Gasteiger partial charge in [0.25, 0.3) is 0 Å². The Balaban J connectivity index is -0.00000312. The molecule has 8 heteroatoms. The number of halogens is 2. The first kappa shape index (κ1) is 33.0. The molecule has 6 nitrogen and oxygen atoms in total. The number of oxime groups is 2. The lowest BCUT2D eigenvalue weighted by atomic mass is 10.3. The van der Waals surface area contributed by atoms with Crippen LogP contribution < -0.4 is 48.0 Å². The average Bonchev–Trinajstić information content (AvgIpc) is 2.69. The highest BCUT2D eigenvalue weighted by Gasteiger charge is 2.20. The molecule has 0 saturated carbocycles.